The summed E-state index contributed by atoms with van der Waals surface area (Å²) in [4.78, 5) is 13.3. The zero-order chi connectivity index (χ0) is 58.8. The maximum atomic E-state index is 13.3. The van der Waals surface area contributed by atoms with Gasteiger partial charge in [-0.1, -0.05) is 239 Å². The molecule has 2 rings (SSSR count). The third kappa shape index (κ3) is 36.4. The minimum absolute atomic E-state index is 0.234. The van der Waals surface area contributed by atoms with Crippen LogP contribution in [0.1, 0.15) is 226 Å². The Labute approximate surface area is 490 Å². The second-order valence-corrected chi connectivity index (χ2v) is 22.2. The maximum Gasteiger partial charge on any atom is 0.220 e. The number of nitrogens with one attached hydrogen (secondary N) is 1. The summed E-state index contributed by atoms with van der Waals surface area (Å²) in [6, 6.07) is -0.850. The third-order valence-electron chi connectivity index (χ3n) is 15.1. The lowest BCUT2D eigenvalue weighted by Gasteiger charge is -2.46. The molecule has 81 heavy (non-hydrogen) atoms. The van der Waals surface area contributed by atoms with E-state index in [4.69, 9.17) is 18.9 Å². The van der Waals surface area contributed by atoms with Crippen molar-refractivity contribution >= 4 is 5.91 Å². The monoisotopic (exact) mass is 1140 g/mol. The number of rotatable bonds is 50. The molecule has 0 aromatic heterocycles. The minimum atomic E-state index is -1.79. The van der Waals surface area contributed by atoms with Crippen molar-refractivity contribution in [3.05, 3.63) is 97.2 Å². The lowest BCUT2D eigenvalue weighted by atomic mass is 9.97. The largest absolute Gasteiger partial charge is 0.394 e. The number of hydrogen-bond donors (Lipinski definition) is 9. The van der Waals surface area contributed by atoms with Gasteiger partial charge in [0.15, 0.2) is 12.6 Å². The van der Waals surface area contributed by atoms with Crippen LogP contribution in [0.2, 0.25) is 0 Å². The molecule has 12 unspecified atom stereocenters. The second-order valence-electron chi connectivity index (χ2n) is 22.2. The van der Waals surface area contributed by atoms with E-state index in [1.165, 1.54) is 89.9 Å². The fourth-order valence-electron chi connectivity index (χ4n) is 9.96. The van der Waals surface area contributed by atoms with E-state index in [9.17, 15) is 45.6 Å². The highest BCUT2D eigenvalue weighted by Gasteiger charge is 2.51. The van der Waals surface area contributed by atoms with Crippen molar-refractivity contribution in [1.82, 2.24) is 5.32 Å². The molecule has 2 fully saturated rings. The molecule has 2 aliphatic heterocycles. The smallest absolute Gasteiger partial charge is 0.220 e. The van der Waals surface area contributed by atoms with E-state index in [0.717, 1.165) is 103 Å². The summed E-state index contributed by atoms with van der Waals surface area (Å²) in [5.41, 5.74) is 0. The van der Waals surface area contributed by atoms with Gasteiger partial charge in [-0.3, -0.25) is 4.79 Å². The average molecular weight is 1140 g/mol. The van der Waals surface area contributed by atoms with Crippen molar-refractivity contribution < 1.29 is 64.6 Å². The Bertz CT molecular complexity index is 1730. The highest BCUT2D eigenvalue weighted by atomic mass is 16.7. The first-order chi connectivity index (χ1) is 39.6. The number of unbranched alkanes of at least 4 members (excludes halogenated alkanes) is 21. The molecule has 9 N–H and O–H groups in total. The first-order valence-corrected chi connectivity index (χ1v) is 32.0. The molecule has 2 saturated heterocycles. The molecular formula is C67H115NO13. The van der Waals surface area contributed by atoms with E-state index in [0.29, 0.717) is 12.8 Å². The van der Waals surface area contributed by atoms with Gasteiger partial charge in [-0.25, -0.2) is 0 Å². The van der Waals surface area contributed by atoms with Crippen LogP contribution in [0.5, 0.6) is 0 Å². The lowest BCUT2D eigenvalue weighted by molar-refractivity contribution is -0.359. The summed E-state index contributed by atoms with van der Waals surface area (Å²) < 4.78 is 22.8. The summed E-state index contributed by atoms with van der Waals surface area (Å²) in [5, 5.41) is 87.4. The van der Waals surface area contributed by atoms with Crippen molar-refractivity contribution in [3.8, 4) is 0 Å². The fraction of sp³-hybridized carbons (Fsp3) is 0.746. The van der Waals surface area contributed by atoms with Crippen LogP contribution in [0.15, 0.2) is 97.2 Å². The standard InChI is InChI=1S/C67H115NO13/c1-3-5-7-9-11-13-15-17-19-21-23-24-25-26-27-28-29-30-31-32-33-35-37-39-41-43-45-47-49-51-59(72)68-55(56(71)50-48-46-44-42-40-38-36-34-22-20-18-16-14-12-10-8-6-4-2)54-78-66-64(77)62(75)65(58(53-70)80-66)81-67-63(76)61(74)60(73)57(52-69)79-67/h5,7,11,13,17,19,23-24,26-27,29-30,32-33,37,39,55-58,60-67,69-71,73-77H,3-4,6,8-10,12,14-16,18,20-22,25,28,31,34-36,38,40-54H2,1-2H3,(H,68,72)/b7-5-,13-11-,19-17-,24-23-,27-26-,30-29-,33-32-,39-37-. The Morgan fingerprint density at radius 1 is 0.457 bits per heavy atom. The van der Waals surface area contributed by atoms with Gasteiger partial charge in [0, 0.05) is 6.42 Å². The number of carbonyl (C=O) groups excluding carboxylic acids is 1. The van der Waals surface area contributed by atoms with Gasteiger partial charge in [0.25, 0.3) is 0 Å². The topological polar surface area (TPSA) is 228 Å². The first kappa shape index (κ1) is 74.0. The SMILES string of the molecule is CC/C=C\C/C=C\C/C=C\C/C=C\C/C=C\C/C=C\C/C=C\C/C=C\CCCCCCC(=O)NC(COC1OC(CO)C(OC2OC(CO)C(O)C(O)C2O)C(O)C1O)C(O)CCCCCCCCCCCCCCCCCCCC. The van der Waals surface area contributed by atoms with E-state index in [1.807, 2.05) is 0 Å². The summed E-state index contributed by atoms with van der Waals surface area (Å²) in [7, 11) is 0. The first-order valence-electron chi connectivity index (χ1n) is 32.0. The predicted molar refractivity (Wildman–Crippen MR) is 327 cm³/mol. The Morgan fingerprint density at radius 3 is 1.31 bits per heavy atom. The summed E-state index contributed by atoms with van der Waals surface area (Å²) in [5.74, 6) is -0.234. The second kappa shape index (κ2) is 51.3. The van der Waals surface area contributed by atoms with Crippen molar-refractivity contribution in [2.45, 2.75) is 299 Å². The van der Waals surface area contributed by atoms with Gasteiger partial charge in [0.1, 0.15) is 48.8 Å². The average Bonchev–Trinajstić information content (AvgIpc) is 3.47. The molecule has 14 heteroatoms. The van der Waals surface area contributed by atoms with Gasteiger partial charge >= 0.3 is 0 Å². The summed E-state index contributed by atoms with van der Waals surface area (Å²) in [6.45, 7) is 2.73. The Balaban J connectivity index is 1.74. The van der Waals surface area contributed by atoms with Gasteiger partial charge in [-0.2, -0.15) is 0 Å². The zero-order valence-corrected chi connectivity index (χ0v) is 50.2. The van der Waals surface area contributed by atoms with Gasteiger partial charge < -0.3 is 65.1 Å². The molecule has 2 aliphatic rings. The molecule has 0 aromatic rings. The van der Waals surface area contributed by atoms with Crippen LogP contribution in [0.4, 0.5) is 0 Å². The van der Waals surface area contributed by atoms with Crippen molar-refractivity contribution in [2.75, 3.05) is 19.8 Å². The van der Waals surface area contributed by atoms with E-state index in [2.05, 4.69) is 116 Å². The van der Waals surface area contributed by atoms with Crippen LogP contribution in [0, 0.1) is 0 Å². The molecular weight excluding hydrogens is 1030 g/mol. The summed E-state index contributed by atoms with van der Waals surface area (Å²) in [6.07, 6.45) is 54.0. The molecule has 14 nitrogen and oxygen atoms in total. The van der Waals surface area contributed by atoms with Crippen molar-refractivity contribution in [2.24, 2.45) is 0 Å². The molecule has 1 amide bonds. The minimum Gasteiger partial charge on any atom is -0.394 e. The highest BCUT2D eigenvalue weighted by molar-refractivity contribution is 5.76. The van der Waals surface area contributed by atoms with Crippen LogP contribution in [-0.2, 0) is 23.7 Å². The molecule has 466 valence electrons. The van der Waals surface area contributed by atoms with Gasteiger partial charge in [0.2, 0.25) is 5.91 Å². The van der Waals surface area contributed by atoms with Crippen LogP contribution >= 0.6 is 0 Å². The molecule has 0 aliphatic carbocycles. The molecule has 0 spiro atoms. The number of ether oxygens (including phenoxy) is 4. The van der Waals surface area contributed by atoms with E-state index < -0.39 is 86.8 Å². The Kier molecular flexibility index (Phi) is 46.9. The van der Waals surface area contributed by atoms with Crippen molar-refractivity contribution in [1.29, 1.82) is 0 Å². The van der Waals surface area contributed by atoms with Gasteiger partial charge in [-0.15, -0.1) is 0 Å². The maximum absolute atomic E-state index is 13.3. The molecule has 2 heterocycles. The number of hydrogen-bond acceptors (Lipinski definition) is 13. The van der Waals surface area contributed by atoms with Crippen LogP contribution in [0.3, 0.4) is 0 Å². The molecule has 0 bridgehead atoms. The van der Waals surface area contributed by atoms with E-state index in [-0.39, 0.29) is 18.9 Å². The van der Waals surface area contributed by atoms with Gasteiger partial charge in [-0.05, 0) is 77.0 Å². The van der Waals surface area contributed by atoms with Crippen LogP contribution in [0.25, 0.3) is 0 Å². The molecule has 0 saturated carbocycles. The Morgan fingerprint density at radius 2 is 0.852 bits per heavy atom. The lowest BCUT2D eigenvalue weighted by Crippen LogP contribution is -2.65. The predicted octanol–water partition coefficient (Wildman–Crippen LogP) is 11.8. The molecule has 12 atom stereocenters. The number of amides is 1. The quantitative estimate of drug-likeness (QED) is 0.0204. The van der Waals surface area contributed by atoms with Gasteiger partial charge in [0.05, 0.1) is 32.0 Å². The highest BCUT2D eigenvalue weighted by Crippen LogP contribution is 2.30. The number of aliphatic hydroxyl groups excluding tert-OH is 8. The summed E-state index contributed by atoms with van der Waals surface area (Å²) >= 11 is 0. The van der Waals surface area contributed by atoms with Crippen LogP contribution in [-0.4, -0.2) is 140 Å². The van der Waals surface area contributed by atoms with E-state index in [1.54, 1.807) is 0 Å². The zero-order valence-electron chi connectivity index (χ0n) is 50.2. The normalized spacial score (nSPS) is 24.8. The Hall–Kier alpha value is -3.09. The van der Waals surface area contributed by atoms with Crippen molar-refractivity contribution in [3.63, 3.8) is 0 Å². The third-order valence-corrected chi connectivity index (χ3v) is 15.1. The number of allylic oxidation sites excluding steroid dienone is 16. The number of carbonyl (C=O) groups is 1. The fourth-order valence-corrected chi connectivity index (χ4v) is 9.96. The van der Waals surface area contributed by atoms with E-state index >= 15 is 0 Å². The molecule has 0 aromatic carbocycles. The molecule has 0 radical (unpaired) electrons. The number of aliphatic hydroxyl groups is 8. The van der Waals surface area contributed by atoms with Crippen LogP contribution < -0.4 is 5.32 Å².